The van der Waals surface area contributed by atoms with Gasteiger partial charge < -0.3 is 11.1 Å². The van der Waals surface area contributed by atoms with Gasteiger partial charge in [-0.3, -0.25) is 4.79 Å². The van der Waals surface area contributed by atoms with Crippen LogP contribution in [-0.4, -0.2) is 12.5 Å². The highest BCUT2D eigenvalue weighted by Gasteiger charge is 2.25. The molecule has 88 valence electrons. The van der Waals surface area contributed by atoms with Gasteiger partial charge in [0.15, 0.2) is 0 Å². The SMILES string of the molecule is CC(C)(CN)C(=O)NCc1cccc(F)c1. The van der Waals surface area contributed by atoms with Crippen molar-refractivity contribution in [3.63, 3.8) is 0 Å². The fourth-order valence-corrected chi connectivity index (χ4v) is 1.16. The first-order chi connectivity index (χ1) is 7.45. The molecule has 0 aromatic heterocycles. The first-order valence-electron chi connectivity index (χ1n) is 5.18. The van der Waals surface area contributed by atoms with Crippen molar-refractivity contribution in [2.45, 2.75) is 20.4 Å². The van der Waals surface area contributed by atoms with Gasteiger partial charge in [-0.05, 0) is 31.5 Å². The van der Waals surface area contributed by atoms with Crippen molar-refractivity contribution in [3.05, 3.63) is 35.6 Å². The zero-order valence-corrected chi connectivity index (χ0v) is 9.59. The number of hydrogen-bond donors (Lipinski definition) is 2. The minimum atomic E-state index is -0.590. The highest BCUT2D eigenvalue weighted by Crippen LogP contribution is 2.12. The van der Waals surface area contributed by atoms with Gasteiger partial charge in [-0.25, -0.2) is 4.39 Å². The van der Waals surface area contributed by atoms with Gasteiger partial charge in [0.1, 0.15) is 5.82 Å². The second-order valence-corrected chi connectivity index (χ2v) is 4.40. The van der Waals surface area contributed by atoms with Crippen LogP contribution in [0.3, 0.4) is 0 Å². The molecule has 1 aromatic carbocycles. The Morgan fingerprint density at radius 2 is 2.19 bits per heavy atom. The zero-order chi connectivity index (χ0) is 12.2. The predicted molar refractivity (Wildman–Crippen MR) is 61.1 cm³/mol. The van der Waals surface area contributed by atoms with Gasteiger partial charge in [-0.2, -0.15) is 0 Å². The number of rotatable bonds is 4. The lowest BCUT2D eigenvalue weighted by molar-refractivity contribution is -0.129. The van der Waals surface area contributed by atoms with E-state index in [-0.39, 0.29) is 18.3 Å². The van der Waals surface area contributed by atoms with E-state index in [0.717, 1.165) is 5.56 Å². The summed E-state index contributed by atoms with van der Waals surface area (Å²) >= 11 is 0. The van der Waals surface area contributed by atoms with Gasteiger partial charge in [0.25, 0.3) is 0 Å². The Balaban J connectivity index is 2.56. The minimum absolute atomic E-state index is 0.126. The van der Waals surface area contributed by atoms with Crippen LogP contribution in [0.5, 0.6) is 0 Å². The van der Waals surface area contributed by atoms with E-state index < -0.39 is 5.41 Å². The Morgan fingerprint density at radius 1 is 1.50 bits per heavy atom. The summed E-state index contributed by atoms with van der Waals surface area (Å²) in [4.78, 5) is 11.7. The third-order valence-electron chi connectivity index (χ3n) is 2.47. The van der Waals surface area contributed by atoms with E-state index in [2.05, 4.69) is 5.32 Å². The van der Waals surface area contributed by atoms with Gasteiger partial charge in [0.05, 0.1) is 5.41 Å². The molecule has 4 heteroatoms. The van der Waals surface area contributed by atoms with Gasteiger partial charge in [-0.1, -0.05) is 12.1 Å². The maximum absolute atomic E-state index is 12.9. The molecule has 0 aliphatic rings. The van der Waals surface area contributed by atoms with E-state index in [1.165, 1.54) is 12.1 Å². The number of hydrogen-bond acceptors (Lipinski definition) is 2. The highest BCUT2D eigenvalue weighted by molar-refractivity contribution is 5.81. The summed E-state index contributed by atoms with van der Waals surface area (Å²) in [6.45, 7) is 4.14. The number of amides is 1. The quantitative estimate of drug-likeness (QED) is 0.812. The third-order valence-corrected chi connectivity index (χ3v) is 2.47. The van der Waals surface area contributed by atoms with Crippen molar-refractivity contribution in [3.8, 4) is 0 Å². The molecule has 1 aromatic rings. The molecule has 3 nitrogen and oxygen atoms in total. The first-order valence-corrected chi connectivity index (χ1v) is 5.18. The third kappa shape index (κ3) is 3.31. The molecule has 0 bridgehead atoms. The van der Waals surface area contributed by atoms with Crippen molar-refractivity contribution in [2.75, 3.05) is 6.54 Å². The Kier molecular flexibility index (Phi) is 4.01. The first kappa shape index (κ1) is 12.6. The van der Waals surface area contributed by atoms with Gasteiger partial charge in [0.2, 0.25) is 5.91 Å². The summed E-state index contributed by atoms with van der Waals surface area (Å²) in [6.07, 6.45) is 0. The summed E-state index contributed by atoms with van der Waals surface area (Å²) in [5.41, 5.74) is 5.63. The molecule has 0 radical (unpaired) electrons. The topological polar surface area (TPSA) is 55.1 Å². The molecular weight excluding hydrogens is 207 g/mol. The Hall–Kier alpha value is -1.42. The van der Waals surface area contributed by atoms with Crippen molar-refractivity contribution in [1.29, 1.82) is 0 Å². The zero-order valence-electron chi connectivity index (χ0n) is 9.59. The maximum atomic E-state index is 12.9. The number of halogens is 1. The second kappa shape index (κ2) is 5.07. The van der Waals surface area contributed by atoms with E-state index in [1.54, 1.807) is 26.0 Å². The van der Waals surface area contributed by atoms with Crippen LogP contribution >= 0.6 is 0 Å². The van der Waals surface area contributed by atoms with Crippen molar-refractivity contribution in [2.24, 2.45) is 11.1 Å². The van der Waals surface area contributed by atoms with Crippen molar-refractivity contribution >= 4 is 5.91 Å². The van der Waals surface area contributed by atoms with E-state index in [4.69, 9.17) is 5.73 Å². The Labute approximate surface area is 94.8 Å². The molecule has 0 unspecified atom stereocenters. The highest BCUT2D eigenvalue weighted by atomic mass is 19.1. The van der Waals surface area contributed by atoms with Gasteiger partial charge >= 0.3 is 0 Å². The molecule has 16 heavy (non-hydrogen) atoms. The number of nitrogens with one attached hydrogen (secondary N) is 1. The number of carbonyl (C=O) groups excluding carboxylic acids is 1. The van der Waals surface area contributed by atoms with Crippen LogP contribution in [-0.2, 0) is 11.3 Å². The monoisotopic (exact) mass is 224 g/mol. The van der Waals surface area contributed by atoms with E-state index in [9.17, 15) is 9.18 Å². The van der Waals surface area contributed by atoms with Crippen molar-refractivity contribution < 1.29 is 9.18 Å². The Morgan fingerprint density at radius 3 is 2.75 bits per heavy atom. The molecule has 0 aliphatic carbocycles. The molecule has 1 amide bonds. The fourth-order valence-electron chi connectivity index (χ4n) is 1.16. The number of nitrogens with two attached hydrogens (primary N) is 1. The summed E-state index contributed by atoms with van der Waals surface area (Å²) in [7, 11) is 0. The second-order valence-electron chi connectivity index (χ2n) is 4.40. The largest absolute Gasteiger partial charge is 0.352 e. The van der Waals surface area contributed by atoms with Crippen LogP contribution in [0.2, 0.25) is 0 Å². The standard InChI is InChI=1S/C12H17FN2O/c1-12(2,8-14)11(16)15-7-9-4-3-5-10(13)6-9/h3-6H,7-8,14H2,1-2H3,(H,15,16). The van der Waals surface area contributed by atoms with Crippen molar-refractivity contribution in [1.82, 2.24) is 5.32 Å². The summed E-state index contributed by atoms with van der Waals surface area (Å²) in [5.74, 6) is -0.427. The predicted octanol–water partition coefficient (Wildman–Crippen LogP) is 1.43. The van der Waals surface area contributed by atoms with Crippen LogP contribution in [0, 0.1) is 11.2 Å². The lowest BCUT2D eigenvalue weighted by Gasteiger charge is -2.21. The smallest absolute Gasteiger partial charge is 0.227 e. The molecule has 0 atom stereocenters. The van der Waals surface area contributed by atoms with Crippen LogP contribution in [0.1, 0.15) is 19.4 Å². The lowest BCUT2D eigenvalue weighted by Crippen LogP contribution is -2.41. The molecular formula is C12H17FN2O. The summed E-state index contributed by atoms with van der Waals surface area (Å²) in [6, 6.07) is 6.15. The molecule has 0 fully saturated rings. The van der Waals surface area contributed by atoms with E-state index >= 15 is 0 Å². The molecule has 0 heterocycles. The molecule has 0 saturated heterocycles. The molecule has 3 N–H and O–H groups in total. The molecule has 0 spiro atoms. The van der Waals surface area contributed by atoms with E-state index in [1.807, 2.05) is 0 Å². The summed E-state index contributed by atoms with van der Waals surface area (Å²) < 4.78 is 12.9. The normalized spacial score (nSPS) is 11.2. The minimum Gasteiger partial charge on any atom is -0.352 e. The Bertz CT molecular complexity index is 377. The van der Waals surface area contributed by atoms with E-state index in [0.29, 0.717) is 6.54 Å². The number of benzene rings is 1. The lowest BCUT2D eigenvalue weighted by atomic mass is 9.92. The van der Waals surface area contributed by atoms with Gasteiger partial charge in [-0.15, -0.1) is 0 Å². The van der Waals surface area contributed by atoms with Gasteiger partial charge in [0, 0.05) is 13.1 Å². The van der Waals surface area contributed by atoms with Crippen LogP contribution in [0.15, 0.2) is 24.3 Å². The average molecular weight is 224 g/mol. The molecule has 0 aliphatic heterocycles. The molecule has 1 rings (SSSR count). The number of carbonyl (C=O) groups is 1. The molecule has 0 saturated carbocycles. The fraction of sp³-hybridized carbons (Fsp3) is 0.417. The summed E-state index contributed by atoms with van der Waals surface area (Å²) in [5, 5.41) is 2.73. The van der Waals surface area contributed by atoms with Crippen LogP contribution in [0.4, 0.5) is 4.39 Å². The average Bonchev–Trinajstić information content (AvgIpc) is 2.26. The van der Waals surface area contributed by atoms with Crippen LogP contribution < -0.4 is 11.1 Å². The van der Waals surface area contributed by atoms with Crippen LogP contribution in [0.25, 0.3) is 0 Å². The maximum Gasteiger partial charge on any atom is 0.227 e.